The largest absolute Gasteiger partial charge is 1.00 e. The third kappa shape index (κ3) is 4.61. The summed E-state index contributed by atoms with van der Waals surface area (Å²) in [5, 5.41) is 10.2. The first kappa shape index (κ1) is 14.4. The van der Waals surface area contributed by atoms with Gasteiger partial charge < -0.3 is 9.90 Å². The summed E-state index contributed by atoms with van der Waals surface area (Å²) in [5.74, 6) is -0.448. The Bertz CT molecular complexity index is 314. The van der Waals surface area contributed by atoms with Crippen LogP contribution in [0.3, 0.4) is 0 Å². The monoisotopic (exact) mass is 214 g/mol. The first-order chi connectivity index (χ1) is 6.75. The predicted octanol–water partition coefficient (Wildman–Crippen LogP) is -1.60. The molecule has 2 nitrogen and oxygen atoms in total. The molecule has 0 unspecified atom stereocenters. The van der Waals surface area contributed by atoms with Crippen LogP contribution in [0.1, 0.15) is 10.8 Å². The molecule has 0 aromatic heterocycles. The average molecular weight is 214 g/mol. The van der Waals surface area contributed by atoms with Crippen molar-refractivity contribution in [2.24, 2.45) is 0 Å². The number of carboxylic acid groups (broad SMARTS) is 1. The van der Waals surface area contributed by atoms with Gasteiger partial charge in [-0.15, -0.1) is 18.3 Å². The summed E-state index contributed by atoms with van der Waals surface area (Å²) in [6.45, 7) is 3.55. The molecule has 0 amide bonds. The smallest absolute Gasteiger partial charge is 0.549 e. The number of benzene rings is 1. The van der Waals surface area contributed by atoms with E-state index in [9.17, 15) is 9.90 Å². The summed E-state index contributed by atoms with van der Waals surface area (Å²) in [4.78, 5) is 10.8. The van der Waals surface area contributed by atoms with Crippen molar-refractivity contribution in [3.63, 3.8) is 0 Å². The molecule has 1 aromatic carbocycles. The summed E-state index contributed by atoms with van der Waals surface area (Å²) < 4.78 is 0. The molecule has 15 heavy (non-hydrogen) atoms. The molecule has 0 N–H and O–H groups in total. The van der Waals surface area contributed by atoms with E-state index in [1.807, 2.05) is 18.2 Å². The first-order valence-electron chi connectivity index (χ1n) is 4.24. The molecule has 1 atom stereocenters. The standard InChI is InChI=1S/C11H12O2S.Li/c1-2-8-14-10(11(12)13)9-6-4-3-5-7-9;/h2-7,10H,1,8H2,(H,12,13);/q;+1/p-1/t10-;/m1./s1. The molecule has 0 aliphatic heterocycles. The van der Waals surface area contributed by atoms with Crippen LogP contribution in [-0.2, 0) is 4.79 Å². The van der Waals surface area contributed by atoms with Gasteiger partial charge in [-0.05, 0) is 5.56 Å². The van der Waals surface area contributed by atoms with Gasteiger partial charge in [-0.25, -0.2) is 0 Å². The molecule has 74 valence electrons. The number of carbonyl (C=O) groups excluding carboxylic acids is 1. The maximum Gasteiger partial charge on any atom is 1.00 e. The van der Waals surface area contributed by atoms with E-state index in [-0.39, 0.29) is 18.9 Å². The molecule has 4 heteroatoms. The van der Waals surface area contributed by atoms with Crippen LogP contribution in [0.15, 0.2) is 43.0 Å². The molecule has 0 saturated heterocycles. The average Bonchev–Trinajstić information content (AvgIpc) is 2.19. The Morgan fingerprint density at radius 2 is 2.07 bits per heavy atom. The Morgan fingerprint density at radius 1 is 1.47 bits per heavy atom. The van der Waals surface area contributed by atoms with Gasteiger partial charge in [0.25, 0.3) is 0 Å². The zero-order valence-electron chi connectivity index (χ0n) is 8.68. The first-order valence-corrected chi connectivity index (χ1v) is 5.29. The van der Waals surface area contributed by atoms with Crippen LogP contribution in [0.5, 0.6) is 0 Å². The number of thioether (sulfide) groups is 1. The molecular weight excluding hydrogens is 203 g/mol. The maximum absolute atomic E-state index is 10.8. The minimum Gasteiger partial charge on any atom is -0.549 e. The van der Waals surface area contributed by atoms with Crippen LogP contribution >= 0.6 is 11.8 Å². The topological polar surface area (TPSA) is 40.1 Å². The van der Waals surface area contributed by atoms with Gasteiger partial charge in [-0.2, -0.15) is 0 Å². The van der Waals surface area contributed by atoms with Crippen molar-refractivity contribution in [1.29, 1.82) is 0 Å². The summed E-state index contributed by atoms with van der Waals surface area (Å²) in [5.41, 5.74) is 0.763. The van der Waals surface area contributed by atoms with Gasteiger partial charge >= 0.3 is 18.9 Å². The van der Waals surface area contributed by atoms with Crippen molar-refractivity contribution >= 4 is 17.7 Å². The number of hydrogen-bond donors (Lipinski definition) is 0. The van der Waals surface area contributed by atoms with Crippen LogP contribution in [0.25, 0.3) is 0 Å². The Labute approximate surface area is 106 Å². The van der Waals surface area contributed by atoms with Gasteiger partial charge in [-0.3, -0.25) is 0 Å². The Balaban J connectivity index is 0.00000196. The Kier molecular flexibility index (Phi) is 7.32. The van der Waals surface area contributed by atoms with Crippen molar-refractivity contribution in [2.45, 2.75) is 5.25 Å². The second-order valence-electron chi connectivity index (χ2n) is 2.73. The van der Waals surface area contributed by atoms with E-state index < -0.39 is 11.2 Å². The fourth-order valence-corrected chi connectivity index (χ4v) is 1.91. The molecular formula is C11H11LiO2S. The summed E-state index contributed by atoms with van der Waals surface area (Å²) in [7, 11) is 0. The van der Waals surface area contributed by atoms with Gasteiger partial charge in [-0.1, -0.05) is 36.4 Å². The van der Waals surface area contributed by atoms with E-state index in [4.69, 9.17) is 0 Å². The second-order valence-corrected chi connectivity index (χ2v) is 3.87. The molecule has 0 fully saturated rings. The second kappa shape index (κ2) is 7.64. The molecule has 0 aliphatic rings. The van der Waals surface area contributed by atoms with Crippen LogP contribution in [-0.4, -0.2) is 11.7 Å². The van der Waals surface area contributed by atoms with Gasteiger partial charge in [0.1, 0.15) is 0 Å². The molecule has 0 aliphatic carbocycles. The number of hydrogen-bond acceptors (Lipinski definition) is 3. The van der Waals surface area contributed by atoms with E-state index >= 15 is 0 Å². The van der Waals surface area contributed by atoms with Crippen LogP contribution < -0.4 is 24.0 Å². The fraction of sp³-hybridized carbons (Fsp3) is 0.182. The molecule has 0 saturated carbocycles. The number of carbonyl (C=O) groups is 1. The zero-order chi connectivity index (χ0) is 10.4. The number of rotatable bonds is 5. The SMILES string of the molecule is C=CCS[C@@H](C(=O)[O-])c1ccccc1.[Li+]. The molecule has 0 spiro atoms. The van der Waals surface area contributed by atoms with Crippen molar-refractivity contribution in [3.05, 3.63) is 48.6 Å². The van der Waals surface area contributed by atoms with Crippen LogP contribution in [0.4, 0.5) is 0 Å². The van der Waals surface area contributed by atoms with Crippen molar-refractivity contribution in [1.82, 2.24) is 0 Å². The number of carboxylic acids is 1. The molecule has 1 aromatic rings. The van der Waals surface area contributed by atoms with E-state index in [0.29, 0.717) is 5.75 Å². The summed E-state index contributed by atoms with van der Waals surface area (Å²) >= 11 is 1.30. The van der Waals surface area contributed by atoms with Crippen molar-refractivity contribution in [3.8, 4) is 0 Å². The van der Waals surface area contributed by atoms with Crippen LogP contribution in [0.2, 0.25) is 0 Å². The number of aliphatic carboxylic acids is 1. The molecule has 0 bridgehead atoms. The quantitative estimate of drug-likeness (QED) is 0.438. The van der Waals surface area contributed by atoms with E-state index in [1.165, 1.54) is 11.8 Å². The van der Waals surface area contributed by atoms with Crippen molar-refractivity contribution < 1.29 is 28.8 Å². The minimum absolute atomic E-state index is 0. The van der Waals surface area contributed by atoms with Gasteiger partial charge in [0.05, 0.1) is 11.2 Å². The van der Waals surface area contributed by atoms with Crippen molar-refractivity contribution in [2.75, 3.05) is 5.75 Å². The van der Waals surface area contributed by atoms with Crippen LogP contribution in [0, 0.1) is 0 Å². The normalized spacial score (nSPS) is 11.2. The van der Waals surface area contributed by atoms with E-state index in [0.717, 1.165) is 5.56 Å². The third-order valence-corrected chi connectivity index (χ3v) is 2.92. The molecule has 0 radical (unpaired) electrons. The van der Waals surface area contributed by atoms with Gasteiger partial charge in [0.15, 0.2) is 0 Å². The van der Waals surface area contributed by atoms with Gasteiger partial charge in [0, 0.05) is 5.75 Å². The summed E-state index contributed by atoms with van der Waals surface area (Å²) in [6.07, 6.45) is 1.68. The van der Waals surface area contributed by atoms with E-state index in [2.05, 4.69) is 6.58 Å². The molecule has 1 rings (SSSR count). The van der Waals surface area contributed by atoms with Gasteiger partial charge in [0.2, 0.25) is 0 Å². The maximum atomic E-state index is 10.8. The van der Waals surface area contributed by atoms with E-state index in [1.54, 1.807) is 18.2 Å². The minimum atomic E-state index is -1.05. The Hall–Kier alpha value is -0.623. The molecule has 0 heterocycles. The fourth-order valence-electron chi connectivity index (χ4n) is 1.09. The third-order valence-electron chi connectivity index (χ3n) is 1.70. The zero-order valence-corrected chi connectivity index (χ0v) is 9.50. The Morgan fingerprint density at radius 3 is 2.53 bits per heavy atom. The summed E-state index contributed by atoms with van der Waals surface area (Å²) in [6, 6.07) is 9.07. The predicted molar refractivity (Wildman–Crippen MR) is 56.8 cm³/mol.